The molecule has 1 saturated heterocycles. The van der Waals surface area contributed by atoms with Crippen molar-refractivity contribution in [3.8, 4) is 0 Å². The van der Waals surface area contributed by atoms with E-state index in [1.54, 1.807) is 25.7 Å². The maximum atomic E-state index is 12.9. The normalized spacial score (nSPS) is 22.0. The number of hydrogen-bond acceptors (Lipinski definition) is 4. The Morgan fingerprint density at radius 3 is 2.57 bits per heavy atom. The van der Waals surface area contributed by atoms with Crippen LogP contribution in [-0.4, -0.2) is 47.5 Å². The summed E-state index contributed by atoms with van der Waals surface area (Å²) in [5.74, 6) is -0.388. The molecule has 30 heavy (non-hydrogen) atoms. The van der Waals surface area contributed by atoms with Crippen LogP contribution in [0.1, 0.15) is 70.0 Å². The van der Waals surface area contributed by atoms with Crippen LogP contribution in [0.4, 0.5) is 4.79 Å². The van der Waals surface area contributed by atoms with E-state index in [9.17, 15) is 14.4 Å². The summed E-state index contributed by atoms with van der Waals surface area (Å²) < 4.78 is 5.28. The number of carbonyl (C=O) groups is 3. The van der Waals surface area contributed by atoms with E-state index in [0.29, 0.717) is 13.0 Å². The molecule has 2 aliphatic rings. The smallest absolute Gasteiger partial charge is 0.408 e. The molecule has 7 heteroatoms. The molecule has 1 aromatic rings. The Bertz CT molecular complexity index is 787. The standard InChI is InChI=1S/C23H33N3O4/c1-23(2,3)30-22(29)25-19-12-6-7-14-26(21(19)28)15-20(27)24-18-13-8-10-16-9-4-5-11-17(16)18/h4-5,9,11,18-19H,6-8,10,12-15H2,1-3H3,(H,24,27)(H,25,29)/t18-,19-/m1/s1. The largest absolute Gasteiger partial charge is 0.444 e. The van der Waals surface area contributed by atoms with Crippen LogP contribution in [0, 0.1) is 0 Å². The predicted molar refractivity (Wildman–Crippen MR) is 114 cm³/mol. The van der Waals surface area contributed by atoms with Crippen LogP contribution in [0.2, 0.25) is 0 Å². The summed E-state index contributed by atoms with van der Waals surface area (Å²) >= 11 is 0. The first-order chi connectivity index (χ1) is 14.2. The first kappa shape index (κ1) is 22.1. The highest BCUT2D eigenvalue weighted by Crippen LogP contribution is 2.29. The average molecular weight is 416 g/mol. The van der Waals surface area contributed by atoms with Crippen molar-refractivity contribution >= 4 is 17.9 Å². The fraction of sp³-hybridized carbons (Fsp3) is 0.609. The fourth-order valence-corrected chi connectivity index (χ4v) is 4.16. The van der Waals surface area contributed by atoms with Gasteiger partial charge in [0.2, 0.25) is 11.8 Å². The molecule has 0 aromatic heterocycles. The lowest BCUT2D eigenvalue weighted by Gasteiger charge is -2.29. The summed E-state index contributed by atoms with van der Waals surface area (Å²) in [7, 11) is 0. The van der Waals surface area contributed by atoms with Crippen molar-refractivity contribution < 1.29 is 19.1 Å². The zero-order valence-electron chi connectivity index (χ0n) is 18.2. The third-order valence-corrected chi connectivity index (χ3v) is 5.51. The van der Waals surface area contributed by atoms with Crippen molar-refractivity contribution in [1.82, 2.24) is 15.5 Å². The second-order valence-electron chi connectivity index (χ2n) is 9.17. The molecule has 1 aliphatic heterocycles. The van der Waals surface area contributed by atoms with Crippen molar-refractivity contribution in [1.29, 1.82) is 0 Å². The minimum absolute atomic E-state index is 0.00397. The number of nitrogens with one attached hydrogen (secondary N) is 2. The summed E-state index contributed by atoms with van der Waals surface area (Å²) in [5, 5.41) is 5.78. The first-order valence-corrected chi connectivity index (χ1v) is 10.9. The monoisotopic (exact) mass is 415 g/mol. The number of hydrogen-bond donors (Lipinski definition) is 2. The molecule has 1 aliphatic carbocycles. The van der Waals surface area contributed by atoms with Crippen LogP contribution >= 0.6 is 0 Å². The lowest BCUT2D eigenvalue weighted by Crippen LogP contribution is -2.51. The summed E-state index contributed by atoms with van der Waals surface area (Å²) in [6.45, 7) is 5.86. The van der Waals surface area contributed by atoms with E-state index in [1.807, 2.05) is 12.1 Å². The Hall–Kier alpha value is -2.57. The molecule has 0 bridgehead atoms. The van der Waals surface area contributed by atoms with E-state index in [1.165, 1.54) is 11.1 Å². The molecule has 2 atom stereocenters. The van der Waals surface area contributed by atoms with E-state index in [4.69, 9.17) is 4.74 Å². The zero-order chi connectivity index (χ0) is 21.7. The Labute approximate surface area is 178 Å². The number of rotatable bonds is 4. The summed E-state index contributed by atoms with van der Waals surface area (Å²) in [5.41, 5.74) is 1.82. The van der Waals surface area contributed by atoms with E-state index in [-0.39, 0.29) is 24.4 Å². The molecule has 2 N–H and O–H groups in total. The summed E-state index contributed by atoms with van der Waals surface area (Å²) in [4.78, 5) is 39.4. The van der Waals surface area contributed by atoms with Gasteiger partial charge in [0.1, 0.15) is 11.6 Å². The molecule has 3 amide bonds. The molecule has 0 spiro atoms. The van der Waals surface area contributed by atoms with E-state index in [2.05, 4.69) is 22.8 Å². The van der Waals surface area contributed by atoms with Crippen molar-refractivity contribution in [2.24, 2.45) is 0 Å². The molecule has 0 unspecified atom stereocenters. The highest BCUT2D eigenvalue weighted by molar-refractivity contribution is 5.89. The Balaban J connectivity index is 1.59. The number of ether oxygens (including phenoxy) is 1. The van der Waals surface area contributed by atoms with Gasteiger partial charge in [0.05, 0.1) is 12.6 Å². The number of amides is 3. The van der Waals surface area contributed by atoms with Gasteiger partial charge in [0, 0.05) is 6.54 Å². The maximum absolute atomic E-state index is 12.9. The fourth-order valence-electron chi connectivity index (χ4n) is 4.16. The van der Waals surface area contributed by atoms with Crippen molar-refractivity contribution in [2.75, 3.05) is 13.1 Å². The minimum Gasteiger partial charge on any atom is -0.444 e. The quantitative estimate of drug-likeness (QED) is 0.791. The highest BCUT2D eigenvalue weighted by Gasteiger charge is 2.31. The second-order valence-corrected chi connectivity index (χ2v) is 9.17. The Kier molecular flexibility index (Phi) is 7.00. The van der Waals surface area contributed by atoms with Crippen molar-refractivity contribution in [3.63, 3.8) is 0 Å². The SMILES string of the molecule is CC(C)(C)OC(=O)N[C@@H]1CCCCN(CC(=O)N[C@@H]2CCCc3ccccc32)C1=O. The third kappa shape index (κ3) is 5.97. The average Bonchev–Trinajstić information content (AvgIpc) is 2.83. The zero-order valence-corrected chi connectivity index (χ0v) is 18.2. The minimum atomic E-state index is -0.662. The van der Waals surface area contributed by atoms with Crippen LogP contribution in [0.15, 0.2) is 24.3 Å². The highest BCUT2D eigenvalue weighted by atomic mass is 16.6. The molecule has 0 radical (unpaired) electrons. The molecular weight excluding hydrogens is 382 g/mol. The number of benzene rings is 1. The van der Waals surface area contributed by atoms with Gasteiger partial charge >= 0.3 is 6.09 Å². The van der Waals surface area contributed by atoms with Gasteiger partial charge in [-0.15, -0.1) is 0 Å². The molecule has 1 fully saturated rings. The molecular formula is C23H33N3O4. The summed E-state index contributed by atoms with van der Waals surface area (Å²) in [6, 6.07) is 7.52. The van der Waals surface area contributed by atoms with Gasteiger partial charge in [-0.05, 0) is 70.4 Å². The topological polar surface area (TPSA) is 87.7 Å². The molecule has 7 nitrogen and oxygen atoms in total. The maximum Gasteiger partial charge on any atom is 0.408 e. The third-order valence-electron chi connectivity index (χ3n) is 5.51. The number of carbonyl (C=O) groups excluding carboxylic acids is 3. The molecule has 0 saturated carbocycles. The van der Waals surface area contributed by atoms with Crippen LogP contribution < -0.4 is 10.6 Å². The van der Waals surface area contributed by atoms with Crippen LogP contribution in [0.5, 0.6) is 0 Å². The van der Waals surface area contributed by atoms with Crippen LogP contribution in [-0.2, 0) is 20.7 Å². The van der Waals surface area contributed by atoms with Gasteiger partial charge in [0.25, 0.3) is 0 Å². The van der Waals surface area contributed by atoms with E-state index in [0.717, 1.165) is 32.1 Å². The van der Waals surface area contributed by atoms with Gasteiger partial charge < -0.3 is 20.3 Å². The lowest BCUT2D eigenvalue weighted by molar-refractivity contribution is -0.137. The summed E-state index contributed by atoms with van der Waals surface area (Å²) in [6.07, 6.45) is 4.52. The number of likely N-dealkylation sites (tertiary alicyclic amines) is 1. The van der Waals surface area contributed by atoms with E-state index >= 15 is 0 Å². The van der Waals surface area contributed by atoms with Gasteiger partial charge in [-0.25, -0.2) is 4.79 Å². The molecule has 1 aromatic carbocycles. The first-order valence-electron chi connectivity index (χ1n) is 10.9. The van der Waals surface area contributed by atoms with Crippen LogP contribution in [0.25, 0.3) is 0 Å². The Morgan fingerprint density at radius 1 is 1.07 bits per heavy atom. The van der Waals surface area contributed by atoms with Gasteiger partial charge in [0.15, 0.2) is 0 Å². The Morgan fingerprint density at radius 2 is 1.80 bits per heavy atom. The number of fused-ring (bicyclic) bond motifs is 1. The van der Waals surface area contributed by atoms with Crippen LogP contribution in [0.3, 0.4) is 0 Å². The predicted octanol–water partition coefficient (Wildman–Crippen LogP) is 3.09. The molecule has 1 heterocycles. The van der Waals surface area contributed by atoms with Gasteiger partial charge in [-0.2, -0.15) is 0 Å². The molecule has 164 valence electrons. The number of nitrogens with zero attached hydrogens (tertiary/aromatic N) is 1. The van der Waals surface area contributed by atoms with E-state index < -0.39 is 17.7 Å². The second kappa shape index (κ2) is 9.49. The molecule has 3 rings (SSSR count). The number of alkyl carbamates (subject to hydrolysis) is 1. The van der Waals surface area contributed by atoms with Crippen molar-refractivity contribution in [2.45, 2.75) is 77.0 Å². The lowest BCUT2D eigenvalue weighted by atomic mass is 9.88. The van der Waals surface area contributed by atoms with Gasteiger partial charge in [-0.3, -0.25) is 9.59 Å². The number of aryl methyl sites for hydroxylation is 1. The van der Waals surface area contributed by atoms with Crippen molar-refractivity contribution in [3.05, 3.63) is 35.4 Å². The van der Waals surface area contributed by atoms with Gasteiger partial charge in [-0.1, -0.05) is 24.3 Å².